The molecule has 1 aromatic heterocycles. The molecule has 1 unspecified atom stereocenters. The van der Waals surface area contributed by atoms with Gasteiger partial charge in [-0.3, -0.25) is 4.79 Å². The van der Waals surface area contributed by atoms with E-state index in [0.717, 1.165) is 42.9 Å². The van der Waals surface area contributed by atoms with Crippen LogP contribution in [0.1, 0.15) is 87.7 Å². The largest absolute Gasteiger partial charge is 0.387 e. The SMILES string of the molecule is COC[C@@]1(O)CC[C@H]2[C@H](CC[C@@H]3[C@@H]2CC[C@]2(C)[C@@H](C(C)NC(=O)c4ccc(C#N)cn4)CC[C@@H]32)C1. The molecule has 0 radical (unpaired) electrons. The highest BCUT2D eigenvalue weighted by Gasteiger charge is 2.58. The molecule has 5 rings (SSSR count). The molecule has 2 N–H and O–H groups in total. The highest BCUT2D eigenvalue weighted by atomic mass is 16.5. The molecule has 0 bridgehead atoms. The molecule has 4 aliphatic rings. The van der Waals surface area contributed by atoms with Crippen molar-refractivity contribution >= 4 is 5.91 Å². The lowest BCUT2D eigenvalue weighted by Gasteiger charge is -2.57. The van der Waals surface area contributed by atoms with Crippen LogP contribution in [0.15, 0.2) is 18.3 Å². The molecule has 1 heterocycles. The van der Waals surface area contributed by atoms with Crippen molar-refractivity contribution in [2.45, 2.75) is 83.3 Å². The first-order valence-corrected chi connectivity index (χ1v) is 13.7. The highest BCUT2D eigenvalue weighted by Crippen LogP contribution is 2.65. The summed E-state index contributed by atoms with van der Waals surface area (Å²) in [6.45, 7) is 5.13. The Morgan fingerprint density at radius 1 is 1.20 bits per heavy atom. The molecule has 6 heteroatoms. The summed E-state index contributed by atoms with van der Waals surface area (Å²) in [5.41, 5.74) is 0.489. The van der Waals surface area contributed by atoms with Crippen molar-refractivity contribution in [1.29, 1.82) is 5.26 Å². The molecule has 4 aliphatic carbocycles. The van der Waals surface area contributed by atoms with Gasteiger partial charge in [0.15, 0.2) is 0 Å². The zero-order valence-electron chi connectivity index (χ0n) is 21.5. The number of nitrogens with zero attached hydrogens (tertiary/aromatic N) is 2. The fraction of sp³-hybridized carbons (Fsp3) is 0.759. The molecular weight excluding hydrogens is 438 g/mol. The number of ether oxygens (including phenoxy) is 1. The van der Waals surface area contributed by atoms with E-state index in [4.69, 9.17) is 10.00 Å². The second-order valence-electron chi connectivity index (χ2n) is 12.4. The zero-order chi connectivity index (χ0) is 24.8. The lowest BCUT2D eigenvalue weighted by Crippen LogP contribution is -2.53. The van der Waals surface area contributed by atoms with Crippen molar-refractivity contribution in [3.63, 3.8) is 0 Å². The van der Waals surface area contributed by atoms with Crippen LogP contribution in [-0.4, -0.2) is 41.4 Å². The fourth-order valence-corrected chi connectivity index (χ4v) is 9.20. The number of aliphatic hydroxyl groups is 1. The number of aromatic nitrogens is 1. The summed E-state index contributed by atoms with van der Waals surface area (Å²) in [6, 6.07) is 5.44. The van der Waals surface area contributed by atoms with E-state index in [2.05, 4.69) is 30.2 Å². The van der Waals surface area contributed by atoms with Crippen LogP contribution in [0.4, 0.5) is 0 Å². The highest BCUT2D eigenvalue weighted by molar-refractivity contribution is 5.92. The Kier molecular flexibility index (Phi) is 6.70. The number of amides is 1. The number of nitriles is 1. The number of carbonyl (C=O) groups excluding carboxylic acids is 1. The number of hydrogen-bond donors (Lipinski definition) is 2. The summed E-state index contributed by atoms with van der Waals surface area (Å²) in [5.74, 6) is 4.06. The Labute approximate surface area is 209 Å². The Morgan fingerprint density at radius 3 is 2.71 bits per heavy atom. The van der Waals surface area contributed by atoms with E-state index in [1.165, 1.54) is 44.7 Å². The Morgan fingerprint density at radius 2 is 2.00 bits per heavy atom. The predicted molar refractivity (Wildman–Crippen MR) is 133 cm³/mol. The minimum atomic E-state index is -0.623. The Bertz CT molecular complexity index is 974. The molecule has 4 saturated carbocycles. The summed E-state index contributed by atoms with van der Waals surface area (Å²) in [4.78, 5) is 17.1. The van der Waals surface area contributed by atoms with E-state index < -0.39 is 5.60 Å². The molecule has 1 aromatic rings. The number of carbonyl (C=O) groups is 1. The molecule has 9 atom stereocenters. The Hall–Kier alpha value is -1.97. The van der Waals surface area contributed by atoms with Crippen LogP contribution < -0.4 is 5.32 Å². The first-order valence-electron chi connectivity index (χ1n) is 13.7. The molecule has 0 spiro atoms. The smallest absolute Gasteiger partial charge is 0.270 e. The first-order chi connectivity index (χ1) is 16.8. The van der Waals surface area contributed by atoms with Crippen LogP contribution in [0, 0.1) is 52.3 Å². The zero-order valence-corrected chi connectivity index (χ0v) is 21.5. The van der Waals surface area contributed by atoms with Crippen molar-refractivity contribution in [2.24, 2.45) is 40.9 Å². The van der Waals surface area contributed by atoms with Gasteiger partial charge < -0.3 is 15.2 Å². The molecule has 4 fully saturated rings. The molecule has 0 aromatic carbocycles. The van der Waals surface area contributed by atoms with Gasteiger partial charge in [0.1, 0.15) is 11.8 Å². The average Bonchev–Trinajstić information content (AvgIpc) is 3.21. The third-order valence-electron chi connectivity index (χ3n) is 10.7. The van der Waals surface area contributed by atoms with Crippen molar-refractivity contribution in [1.82, 2.24) is 10.3 Å². The normalized spacial score (nSPS) is 41.1. The molecule has 6 nitrogen and oxygen atoms in total. The molecule has 35 heavy (non-hydrogen) atoms. The number of methoxy groups -OCH3 is 1. The van der Waals surface area contributed by atoms with Crippen molar-refractivity contribution in [3.8, 4) is 6.07 Å². The number of nitrogens with one attached hydrogen (secondary N) is 1. The first kappa shape index (κ1) is 24.7. The quantitative estimate of drug-likeness (QED) is 0.637. The van der Waals surface area contributed by atoms with E-state index in [9.17, 15) is 9.90 Å². The summed E-state index contributed by atoms with van der Waals surface area (Å²) >= 11 is 0. The molecule has 0 saturated heterocycles. The Balaban J connectivity index is 1.25. The lowest BCUT2D eigenvalue weighted by molar-refractivity contribution is -0.125. The molecular formula is C29H41N3O3. The number of hydrogen-bond acceptors (Lipinski definition) is 5. The number of fused-ring (bicyclic) bond motifs is 5. The van der Waals surface area contributed by atoms with Gasteiger partial charge in [-0.1, -0.05) is 6.92 Å². The van der Waals surface area contributed by atoms with Gasteiger partial charge in [0.05, 0.1) is 17.8 Å². The van der Waals surface area contributed by atoms with Gasteiger partial charge in [-0.05, 0) is 118 Å². The van der Waals surface area contributed by atoms with Crippen LogP contribution in [0.5, 0.6) is 0 Å². The van der Waals surface area contributed by atoms with Crippen LogP contribution in [-0.2, 0) is 4.74 Å². The van der Waals surface area contributed by atoms with Crippen LogP contribution in [0.2, 0.25) is 0 Å². The van der Waals surface area contributed by atoms with Crippen molar-refractivity contribution in [3.05, 3.63) is 29.6 Å². The van der Waals surface area contributed by atoms with Crippen LogP contribution in [0.25, 0.3) is 0 Å². The second kappa shape index (κ2) is 9.48. The third kappa shape index (κ3) is 4.40. The minimum Gasteiger partial charge on any atom is -0.387 e. The van der Waals surface area contributed by atoms with Crippen molar-refractivity contribution < 1.29 is 14.6 Å². The summed E-state index contributed by atoms with van der Waals surface area (Å²) in [7, 11) is 1.70. The minimum absolute atomic E-state index is 0.0987. The topological polar surface area (TPSA) is 95.2 Å². The average molecular weight is 480 g/mol. The molecule has 1 amide bonds. The van der Waals surface area contributed by atoms with Gasteiger partial charge in [-0.2, -0.15) is 5.26 Å². The van der Waals surface area contributed by atoms with Gasteiger partial charge >= 0.3 is 0 Å². The maximum absolute atomic E-state index is 12.9. The summed E-state index contributed by atoms with van der Waals surface area (Å²) in [5, 5.41) is 23.2. The number of rotatable bonds is 5. The van der Waals surface area contributed by atoms with Gasteiger partial charge in [0.2, 0.25) is 0 Å². The fourth-order valence-electron chi connectivity index (χ4n) is 9.20. The van der Waals surface area contributed by atoms with Crippen LogP contribution >= 0.6 is 0 Å². The van der Waals surface area contributed by atoms with Crippen molar-refractivity contribution in [2.75, 3.05) is 13.7 Å². The monoisotopic (exact) mass is 479 g/mol. The summed E-state index contributed by atoms with van der Waals surface area (Å²) in [6.07, 6.45) is 11.9. The standard InChI is InChI=1S/C29H41N3O3/c1-18(32-27(33)26-9-4-19(15-30)16-31-26)24-7-8-25-23-6-5-20-14-29(34,17-35-3)13-11-21(20)22(23)10-12-28(24,25)2/h4,9,16,18,20-25,34H,5-8,10-14,17H2,1-3H3,(H,32,33)/t18?,20-,21+,22-,23-,24-,25+,28-,29-/m1/s1. The predicted octanol–water partition coefficient (Wildman–Crippen LogP) is 4.72. The molecule has 0 aliphatic heterocycles. The molecule has 190 valence electrons. The van der Waals surface area contributed by atoms with E-state index in [1.807, 2.05) is 0 Å². The van der Waals surface area contributed by atoms with E-state index >= 15 is 0 Å². The van der Waals surface area contributed by atoms with Gasteiger partial charge in [0.25, 0.3) is 5.91 Å². The van der Waals surface area contributed by atoms with Crippen LogP contribution in [0.3, 0.4) is 0 Å². The van der Waals surface area contributed by atoms with Gasteiger partial charge in [-0.15, -0.1) is 0 Å². The van der Waals surface area contributed by atoms with E-state index in [1.54, 1.807) is 19.2 Å². The lowest BCUT2D eigenvalue weighted by atomic mass is 9.48. The number of pyridine rings is 1. The van der Waals surface area contributed by atoms with E-state index in [-0.39, 0.29) is 17.4 Å². The van der Waals surface area contributed by atoms with Gasteiger partial charge in [-0.25, -0.2) is 4.98 Å². The second-order valence-corrected chi connectivity index (χ2v) is 12.4. The maximum atomic E-state index is 12.9. The van der Waals surface area contributed by atoms with Gasteiger partial charge in [0, 0.05) is 19.3 Å². The van der Waals surface area contributed by atoms with E-state index in [0.29, 0.717) is 29.7 Å². The third-order valence-corrected chi connectivity index (χ3v) is 10.7. The maximum Gasteiger partial charge on any atom is 0.270 e. The summed E-state index contributed by atoms with van der Waals surface area (Å²) < 4.78 is 5.34.